The van der Waals surface area contributed by atoms with E-state index in [1.54, 1.807) is 19.9 Å². The smallest absolute Gasteiger partial charge is 0.387 e. The van der Waals surface area contributed by atoms with Crippen LogP contribution < -0.4 is 14.9 Å². The van der Waals surface area contributed by atoms with Gasteiger partial charge in [0.25, 0.3) is 0 Å². The largest absolute Gasteiger partial charge is 0.490 e. The second-order valence-electron chi connectivity index (χ2n) is 5.77. The molecule has 1 amide bonds. The highest BCUT2D eigenvalue weighted by atomic mass is 19.3. The van der Waals surface area contributed by atoms with Crippen LogP contribution in [0.3, 0.4) is 0 Å². The number of fused-ring (bicyclic) bond motifs is 1. The Morgan fingerprint density at radius 2 is 2.04 bits per heavy atom. The van der Waals surface area contributed by atoms with E-state index in [0.717, 1.165) is 10.9 Å². The van der Waals surface area contributed by atoms with E-state index in [-0.39, 0.29) is 23.9 Å². The topological polar surface area (TPSA) is 73.1 Å². The van der Waals surface area contributed by atoms with Crippen molar-refractivity contribution in [2.24, 2.45) is 5.10 Å². The lowest BCUT2D eigenvalue weighted by molar-refractivity contribution is -0.0514. The van der Waals surface area contributed by atoms with Crippen molar-refractivity contribution in [2.75, 3.05) is 6.61 Å². The molecule has 0 saturated heterocycles. The van der Waals surface area contributed by atoms with Crippen molar-refractivity contribution in [3.63, 3.8) is 0 Å². The number of hydrogen-bond donors (Lipinski definition) is 1. The molecule has 8 heteroatoms. The number of hydrogen-bond acceptors (Lipinski definition) is 5. The molecular formula is C20H18F2N2O4. The van der Waals surface area contributed by atoms with Crippen molar-refractivity contribution >= 4 is 23.1 Å². The Balaban J connectivity index is 1.73. The van der Waals surface area contributed by atoms with Gasteiger partial charge in [-0.2, -0.15) is 13.9 Å². The summed E-state index contributed by atoms with van der Waals surface area (Å²) in [7, 11) is 0. The Labute approximate surface area is 159 Å². The highest BCUT2D eigenvalue weighted by Gasteiger charge is 2.17. The van der Waals surface area contributed by atoms with Crippen LogP contribution in [0.2, 0.25) is 0 Å². The number of furan rings is 1. The molecule has 6 nitrogen and oxygen atoms in total. The number of para-hydroxylation sites is 1. The van der Waals surface area contributed by atoms with Crippen LogP contribution in [0.5, 0.6) is 11.5 Å². The third kappa shape index (κ3) is 4.28. The molecule has 2 aromatic carbocycles. The molecular weight excluding hydrogens is 370 g/mol. The summed E-state index contributed by atoms with van der Waals surface area (Å²) in [5.41, 5.74) is 4.26. The van der Waals surface area contributed by atoms with Gasteiger partial charge in [0, 0.05) is 10.9 Å². The van der Waals surface area contributed by atoms with Crippen LogP contribution in [0.25, 0.3) is 11.0 Å². The summed E-state index contributed by atoms with van der Waals surface area (Å²) in [5, 5.41) is 4.75. The van der Waals surface area contributed by atoms with Crippen molar-refractivity contribution in [2.45, 2.75) is 20.5 Å². The van der Waals surface area contributed by atoms with Gasteiger partial charge >= 0.3 is 12.5 Å². The second-order valence-corrected chi connectivity index (χ2v) is 5.77. The number of amides is 1. The van der Waals surface area contributed by atoms with Crippen LogP contribution in [-0.4, -0.2) is 25.3 Å². The lowest BCUT2D eigenvalue weighted by atomic mass is 10.1. The first kappa shape index (κ1) is 19.3. The molecule has 146 valence electrons. The third-order valence-electron chi connectivity index (χ3n) is 3.91. The van der Waals surface area contributed by atoms with Gasteiger partial charge in [0.05, 0.1) is 12.8 Å². The minimum Gasteiger partial charge on any atom is -0.490 e. The average molecular weight is 388 g/mol. The molecule has 1 aromatic heterocycles. The fourth-order valence-corrected chi connectivity index (χ4v) is 2.67. The second kappa shape index (κ2) is 8.51. The molecule has 0 aliphatic heterocycles. The lowest BCUT2D eigenvalue weighted by Gasteiger charge is -2.11. The number of halogens is 2. The predicted molar refractivity (Wildman–Crippen MR) is 100 cm³/mol. The molecule has 0 fully saturated rings. The summed E-state index contributed by atoms with van der Waals surface area (Å²) in [6, 6.07) is 11.7. The Bertz CT molecular complexity index is 1010. The van der Waals surface area contributed by atoms with Crippen molar-refractivity contribution < 1.29 is 27.5 Å². The summed E-state index contributed by atoms with van der Waals surface area (Å²) in [6.07, 6.45) is 1.37. The molecule has 0 atom stereocenters. The van der Waals surface area contributed by atoms with Gasteiger partial charge in [0.1, 0.15) is 5.58 Å². The number of carbonyl (C=O) groups excluding carboxylic acids is 1. The normalized spacial score (nSPS) is 11.3. The predicted octanol–water partition coefficient (Wildman–Crippen LogP) is 4.51. The van der Waals surface area contributed by atoms with Crippen LogP contribution in [-0.2, 0) is 0 Å². The maximum atomic E-state index is 12.4. The van der Waals surface area contributed by atoms with Gasteiger partial charge in [-0.3, -0.25) is 4.79 Å². The summed E-state index contributed by atoms with van der Waals surface area (Å²) in [5.74, 6) is -0.233. The third-order valence-corrected chi connectivity index (χ3v) is 3.91. The van der Waals surface area contributed by atoms with Gasteiger partial charge < -0.3 is 13.9 Å². The van der Waals surface area contributed by atoms with Gasteiger partial charge in [-0.05, 0) is 43.7 Å². The quantitative estimate of drug-likeness (QED) is 0.478. The zero-order valence-corrected chi connectivity index (χ0v) is 15.2. The maximum Gasteiger partial charge on any atom is 0.387 e. The molecule has 3 aromatic rings. The van der Waals surface area contributed by atoms with Gasteiger partial charge in [0.15, 0.2) is 17.3 Å². The van der Waals surface area contributed by atoms with E-state index >= 15 is 0 Å². The SMILES string of the molecule is CCOc1cc(/C=N\NC(=O)c2oc3ccccc3c2C)ccc1OC(F)F. The van der Waals surface area contributed by atoms with Crippen LogP contribution >= 0.6 is 0 Å². The Morgan fingerprint density at radius 1 is 1.25 bits per heavy atom. The number of ether oxygens (including phenoxy) is 2. The van der Waals surface area contributed by atoms with Gasteiger partial charge in [0.2, 0.25) is 0 Å². The van der Waals surface area contributed by atoms with E-state index in [1.165, 1.54) is 24.4 Å². The van der Waals surface area contributed by atoms with Crippen LogP contribution in [0.15, 0.2) is 52.0 Å². The van der Waals surface area contributed by atoms with Crippen molar-refractivity contribution in [1.82, 2.24) is 5.43 Å². The Hall–Kier alpha value is -3.42. The molecule has 3 rings (SSSR count). The van der Waals surface area contributed by atoms with E-state index in [0.29, 0.717) is 11.1 Å². The van der Waals surface area contributed by atoms with Gasteiger partial charge in [-0.25, -0.2) is 5.43 Å². The zero-order valence-electron chi connectivity index (χ0n) is 15.2. The molecule has 1 N–H and O–H groups in total. The lowest BCUT2D eigenvalue weighted by Crippen LogP contribution is -2.17. The molecule has 28 heavy (non-hydrogen) atoms. The first-order chi connectivity index (χ1) is 13.5. The molecule has 0 aliphatic rings. The molecule has 1 heterocycles. The molecule has 0 spiro atoms. The van der Waals surface area contributed by atoms with Gasteiger partial charge in [-0.1, -0.05) is 18.2 Å². The minimum atomic E-state index is -2.95. The number of benzene rings is 2. The number of nitrogens with zero attached hydrogens (tertiary/aromatic N) is 1. The maximum absolute atomic E-state index is 12.4. The number of carbonyl (C=O) groups is 1. The van der Waals surface area contributed by atoms with Crippen molar-refractivity contribution in [1.29, 1.82) is 0 Å². The fraction of sp³-hybridized carbons (Fsp3) is 0.200. The van der Waals surface area contributed by atoms with Crippen molar-refractivity contribution in [3.8, 4) is 11.5 Å². The molecule has 0 unspecified atom stereocenters. The summed E-state index contributed by atoms with van der Waals surface area (Å²) in [6.45, 7) is 0.844. The van der Waals surface area contributed by atoms with Crippen molar-refractivity contribution in [3.05, 3.63) is 59.4 Å². The number of aryl methyl sites for hydroxylation is 1. The summed E-state index contributed by atoms with van der Waals surface area (Å²) < 4.78 is 40.2. The van der Waals surface area contributed by atoms with E-state index in [9.17, 15) is 13.6 Å². The zero-order chi connectivity index (χ0) is 20.1. The van der Waals surface area contributed by atoms with Crippen LogP contribution in [0.4, 0.5) is 8.78 Å². The molecule has 0 saturated carbocycles. The molecule has 0 radical (unpaired) electrons. The number of rotatable bonds is 7. The summed E-state index contributed by atoms with van der Waals surface area (Å²) >= 11 is 0. The molecule has 0 bridgehead atoms. The Kier molecular flexibility index (Phi) is 5.88. The number of hydrazone groups is 1. The monoisotopic (exact) mass is 388 g/mol. The minimum absolute atomic E-state index is 0.0732. The van der Waals surface area contributed by atoms with E-state index < -0.39 is 12.5 Å². The standard InChI is InChI=1S/C20H18F2N2O4/c1-3-26-17-10-13(8-9-16(17)28-20(21)22)11-23-24-19(25)18-12(2)14-6-4-5-7-15(14)27-18/h4-11,20H,3H2,1-2H3,(H,24,25)/b23-11-. The number of alkyl halides is 2. The average Bonchev–Trinajstić information content (AvgIpc) is 3.01. The molecule has 0 aliphatic carbocycles. The van der Waals surface area contributed by atoms with E-state index in [4.69, 9.17) is 9.15 Å². The first-order valence-electron chi connectivity index (χ1n) is 8.52. The highest BCUT2D eigenvalue weighted by Crippen LogP contribution is 2.29. The van der Waals surface area contributed by atoms with E-state index in [2.05, 4.69) is 15.3 Å². The van der Waals surface area contributed by atoms with E-state index in [1.807, 2.05) is 18.2 Å². The van der Waals surface area contributed by atoms with Crippen LogP contribution in [0.1, 0.15) is 28.6 Å². The fourth-order valence-electron chi connectivity index (χ4n) is 2.67. The Morgan fingerprint density at radius 3 is 2.75 bits per heavy atom. The summed E-state index contributed by atoms with van der Waals surface area (Å²) in [4.78, 5) is 12.3. The number of nitrogens with one attached hydrogen (secondary N) is 1. The van der Waals surface area contributed by atoms with Gasteiger partial charge in [-0.15, -0.1) is 0 Å². The van der Waals surface area contributed by atoms with Crippen LogP contribution in [0, 0.1) is 6.92 Å². The first-order valence-corrected chi connectivity index (χ1v) is 8.52. The highest BCUT2D eigenvalue weighted by molar-refractivity contribution is 5.99.